The second-order valence-electron chi connectivity index (χ2n) is 5.53. The average Bonchev–Trinajstić information content (AvgIpc) is 3.11. The van der Waals surface area contributed by atoms with Crippen LogP contribution in [0.5, 0.6) is 0 Å². The Labute approximate surface area is 162 Å². The molecule has 1 heterocycles. The monoisotopic (exact) mass is 405 g/mol. The van der Waals surface area contributed by atoms with E-state index in [4.69, 9.17) is 0 Å². The molecule has 1 aromatic heterocycles. The fourth-order valence-corrected chi connectivity index (χ4v) is 2.77. The molecule has 0 radical (unpaired) electrons. The van der Waals surface area contributed by atoms with Crippen molar-refractivity contribution >= 4 is 45.7 Å². The van der Waals surface area contributed by atoms with Gasteiger partial charge in [-0.3, -0.25) is 29.8 Å². The van der Waals surface area contributed by atoms with Crippen molar-refractivity contribution in [2.75, 3.05) is 5.32 Å². The molecule has 11 nitrogen and oxygen atoms in total. The minimum atomic E-state index is -0.530. The van der Waals surface area contributed by atoms with Gasteiger partial charge in [0.05, 0.1) is 20.9 Å². The highest BCUT2D eigenvalue weighted by Crippen LogP contribution is 2.22. The van der Waals surface area contributed by atoms with Gasteiger partial charge in [0.1, 0.15) is 0 Å². The first-order valence-electron chi connectivity index (χ1n) is 7.87. The van der Waals surface area contributed by atoms with Crippen molar-refractivity contribution in [3.8, 4) is 0 Å². The Morgan fingerprint density at radius 3 is 2.43 bits per heavy atom. The molecule has 0 saturated carbocycles. The Morgan fingerprint density at radius 1 is 1.11 bits per heavy atom. The van der Waals surface area contributed by atoms with Gasteiger partial charge in [-0.15, -0.1) is 0 Å². The molecule has 2 N–H and O–H groups in total. The van der Waals surface area contributed by atoms with E-state index in [1.807, 2.05) is 0 Å². The fourth-order valence-electron chi connectivity index (χ4n) is 2.07. The van der Waals surface area contributed by atoms with Crippen molar-refractivity contribution < 1.29 is 19.4 Å². The number of carbonyl (C=O) groups excluding carboxylic acids is 2. The van der Waals surface area contributed by atoms with E-state index < -0.39 is 21.7 Å². The smallest absolute Gasteiger partial charge is 0.324 e. The number of nitro groups is 2. The number of anilines is 1. The summed E-state index contributed by atoms with van der Waals surface area (Å²) in [6.07, 6.45) is 1.04. The summed E-state index contributed by atoms with van der Waals surface area (Å²) in [4.78, 5) is 44.4. The highest BCUT2D eigenvalue weighted by atomic mass is 32.1. The number of hydrogen-bond acceptors (Lipinski definition) is 8. The number of non-ortho nitro benzene ring substituents is 1. The standard InChI is InChI=1S/C16H15N5O6S/c1-10-8-11(20(24)25)2-4-13(10)18-14(22)5-6-15(23)19-17-9-12-3-7-16(28-12)21(26)27/h2-4,7-9H,5-6H2,1H3,(H,18,22)(H,19,23)/b17-9+. The summed E-state index contributed by atoms with van der Waals surface area (Å²) in [5, 5.41) is 27.5. The predicted molar refractivity (Wildman–Crippen MR) is 102 cm³/mol. The first-order valence-corrected chi connectivity index (χ1v) is 8.69. The summed E-state index contributed by atoms with van der Waals surface area (Å²) in [6, 6.07) is 6.87. The van der Waals surface area contributed by atoms with E-state index in [0.717, 1.165) is 11.3 Å². The number of rotatable bonds is 8. The van der Waals surface area contributed by atoms with Crippen LogP contribution in [0.3, 0.4) is 0 Å². The average molecular weight is 405 g/mol. The normalized spacial score (nSPS) is 10.6. The maximum atomic E-state index is 11.9. The molecular formula is C16H15N5O6S. The topological polar surface area (TPSA) is 157 Å². The van der Waals surface area contributed by atoms with Crippen molar-refractivity contribution in [3.63, 3.8) is 0 Å². The number of thiophene rings is 1. The lowest BCUT2D eigenvalue weighted by Crippen LogP contribution is -2.20. The van der Waals surface area contributed by atoms with Gasteiger partial charge < -0.3 is 5.32 Å². The molecule has 0 unspecified atom stereocenters. The van der Waals surface area contributed by atoms with E-state index in [1.165, 1.54) is 36.5 Å². The molecule has 0 bridgehead atoms. The first-order chi connectivity index (χ1) is 13.3. The summed E-state index contributed by atoms with van der Waals surface area (Å²) in [5.74, 6) is -0.928. The number of nitrogens with one attached hydrogen (secondary N) is 2. The van der Waals surface area contributed by atoms with E-state index >= 15 is 0 Å². The van der Waals surface area contributed by atoms with Crippen LogP contribution in [0.15, 0.2) is 35.4 Å². The third-order valence-corrected chi connectivity index (χ3v) is 4.42. The molecule has 2 aromatic rings. The molecule has 0 fully saturated rings. The van der Waals surface area contributed by atoms with Crippen LogP contribution in [0.2, 0.25) is 0 Å². The van der Waals surface area contributed by atoms with Crippen LogP contribution >= 0.6 is 11.3 Å². The van der Waals surface area contributed by atoms with Gasteiger partial charge in [-0.1, -0.05) is 11.3 Å². The van der Waals surface area contributed by atoms with Gasteiger partial charge in [0.2, 0.25) is 11.8 Å². The molecule has 12 heteroatoms. The highest BCUT2D eigenvalue weighted by Gasteiger charge is 2.12. The predicted octanol–water partition coefficient (Wildman–Crippen LogP) is 2.74. The summed E-state index contributed by atoms with van der Waals surface area (Å²) in [7, 11) is 0. The molecule has 0 aliphatic heterocycles. The molecule has 0 aliphatic rings. The van der Waals surface area contributed by atoms with Gasteiger partial charge >= 0.3 is 5.00 Å². The number of nitrogens with zero attached hydrogens (tertiary/aromatic N) is 3. The van der Waals surface area contributed by atoms with E-state index in [-0.39, 0.29) is 23.5 Å². The number of hydrazone groups is 1. The van der Waals surface area contributed by atoms with Gasteiger partial charge in [-0.25, -0.2) is 5.43 Å². The number of carbonyl (C=O) groups is 2. The van der Waals surface area contributed by atoms with E-state index in [2.05, 4.69) is 15.8 Å². The summed E-state index contributed by atoms with van der Waals surface area (Å²) in [5.41, 5.74) is 3.11. The van der Waals surface area contributed by atoms with Gasteiger partial charge in [0.25, 0.3) is 5.69 Å². The lowest BCUT2D eigenvalue weighted by atomic mass is 10.1. The third kappa shape index (κ3) is 5.95. The third-order valence-electron chi connectivity index (χ3n) is 3.45. The number of hydrogen-bond donors (Lipinski definition) is 2. The SMILES string of the molecule is Cc1cc([N+](=O)[O-])ccc1NC(=O)CCC(=O)N/N=C/c1ccc([N+](=O)[O-])s1. The zero-order valence-corrected chi connectivity index (χ0v) is 15.4. The molecule has 1 aromatic carbocycles. The quantitative estimate of drug-likeness (QED) is 0.390. The van der Waals surface area contributed by atoms with Crippen molar-refractivity contribution in [2.45, 2.75) is 19.8 Å². The largest absolute Gasteiger partial charge is 0.326 e. The van der Waals surface area contributed by atoms with Gasteiger partial charge in [0, 0.05) is 36.7 Å². The molecular weight excluding hydrogens is 390 g/mol. The van der Waals surface area contributed by atoms with Crippen LogP contribution in [0.4, 0.5) is 16.4 Å². The Morgan fingerprint density at radius 2 is 1.82 bits per heavy atom. The number of nitro benzene ring substituents is 1. The second kappa shape index (κ2) is 9.32. The van der Waals surface area contributed by atoms with Crippen molar-refractivity contribution in [2.24, 2.45) is 5.10 Å². The van der Waals surface area contributed by atoms with Crippen molar-refractivity contribution in [1.29, 1.82) is 0 Å². The zero-order valence-electron chi connectivity index (χ0n) is 14.6. The van der Waals surface area contributed by atoms with Crippen LogP contribution in [0.1, 0.15) is 23.3 Å². The maximum Gasteiger partial charge on any atom is 0.324 e. The second-order valence-corrected chi connectivity index (χ2v) is 6.62. The molecule has 0 aliphatic carbocycles. The molecule has 0 atom stereocenters. The van der Waals surface area contributed by atoms with Crippen LogP contribution in [0, 0.1) is 27.2 Å². The molecule has 2 amide bonds. The number of amides is 2. The molecule has 28 heavy (non-hydrogen) atoms. The highest BCUT2D eigenvalue weighted by molar-refractivity contribution is 7.16. The Balaban J connectivity index is 1.79. The Bertz CT molecular complexity index is 955. The van der Waals surface area contributed by atoms with E-state index in [1.54, 1.807) is 6.92 Å². The van der Waals surface area contributed by atoms with Crippen molar-refractivity contribution in [1.82, 2.24) is 5.43 Å². The minimum absolute atomic E-state index is 0.0361. The molecule has 146 valence electrons. The lowest BCUT2D eigenvalue weighted by molar-refractivity contribution is -0.384. The summed E-state index contributed by atoms with van der Waals surface area (Å²) in [6.45, 7) is 1.62. The first kappa shape index (κ1) is 20.6. The van der Waals surface area contributed by atoms with Crippen LogP contribution in [-0.4, -0.2) is 27.9 Å². The van der Waals surface area contributed by atoms with Crippen LogP contribution in [-0.2, 0) is 9.59 Å². The lowest BCUT2D eigenvalue weighted by Gasteiger charge is -2.07. The maximum absolute atomic E-state index is 11.9. The minimum Gasteiger partial charge on any atom is -0.326 e. The van der Waals surface area contributed by atoms with Crippen LogP contribution < -0.4 is 10.7 Å². The Kier molecular flexibility index (Phi) is 6.87. The number of benzene rings is 1. The Hall–Kier alpha value is -3.67. The molecule has 2 rings (SSSR count). The molecule has 0 saturated heterocycles. The van der Waals surface area contributed by atoms with Crippen LogP contribution in [0.25, 0.3) is 0 Å². The van der Waals surface area contributed by atoms with Crippen molar-refractivity contribution in [3.05, 3.63) is 61.0 Å². The fraction of sp³-hybridized carbons (Fsp3) is 0.188. The zero-order chi connectivity index (χ0) is 20.7. The van der Waals surface area contributed by atoms with E-state index in [0.29, 0.717) is 16.1 Å². The van der Waals surface area contributed by atoms with Gasteiger partial charge in [0.15, 0.2) is 0 Å². The molecule has 0 spiro atoms. The number of aryl methyl sites for hydroxylation is 1. The van der Waals surface area contributed by atoms with E-state index in [9.17, 15) is 29.8 Å². The van der Waals surface area contributed by atoms with Gasteiger partial charge in [-0.2, -0.15) is 5.10 Å². The summed E-state index contributed by atoms with van der Waals surface area (Å²) < 4.78 is 0. The van der Waals surface area contributed by atoms with Gasteiger partial charge in [-0.05, 0) is 24.6 Å². The summed E-state index contributed by atoms with van der Waals surface area (Å²) >= 11 is 0.910.